The topological polar surface area (TPSA) is 39.7 Å². The highest BCUT2D eigenvalue weighted by Crippen LogP contribution is 2.22. The molecule has 1 N–H and O–H groups in total. The third kappa shape index (κ3) is 8.58. The monoisotopic (exact) mass is 273 g/mol. The van der Waals surface area contributed by atoms with Crippen LogP contribution in [0.25, 0.3) is 0 Å². The fourth-order valence-corrected chi connectivity index (χ4v) is 2.38. The van der Waals surface area contributed by atoms with Crippen LogP contribution in [0.4, 0.5) is 0 Å². The van der Waals surface area contributed by atoms with Gasteiger partial charge in [0.05, 0.1) is 25.4 Å². The van der Waals surface area contributed by atoms with Crippen molar-refractivity contribution in [3.63, 3.8) is 0 Å². The third-order valence-corrected chi connectivity index (χ3v) is 3.61. The number of nitrogens with one attached hydrogen (secondary N) is 1. The zero-order valence-corrected chi connectivity index (χ0v) is 12.7. The standard InChI is InChI=1S/C15H31NO3/c1-3-4-10-18-11-8-16-9-12-19-15-7-5-6-14(13-15)17-2/h14-16H,3-13H2,1-2H3. The Labute approximate surface area is 118 Å². The van der Waals surface area contributed by atoms with E-state index in [0.29, 0.717) is 12.2 Å². The maximum absolute atomic E-state index is 5.88. The molecule has 0 radical (unpaired) electrons. The maximum atomic E-state index is 5.88. The maximum Gasteiger partial charge on any atom is 0.0600 e. The Bertz CT molecular complexity index is 202. The van der Waals surface area contributed by atoms with Gasteiger partial charge in [-0.25, -0.2) is 0 Å². The van der Waals surface area contributed by atoms with E-state index in [1.54, 1.807) is 7.11 Å². The number of ether oxygens (including phenoxy) is 3. The summed E-state index contributed by atoms with van der Waals surface area (Å²) in [5.41, 5.74) is 0. The number of methoxy groups -OCH3 is 1. The van der Waals surface area contributed by atoms with E-state index in [9.17, 15) is 0 Å². The Morgan fingerprint density at radius 2 is 1.84 bits per heavy atom. The summed E-state index contributed by atoms with van der Waals surface area (Å²) in [5.74, 6) is 0. The van der Waals surface area contributed by atoms with E-state index in [1.807, 2.05) is 0 Å². The van der Waals surface area contributed by atoms with Crippen molar-refractivity contribution < 1.29 is 14.2 Å². The number of unbranched alkanes of at least 4 members (excludes halogenated alkanes) is 1. The minimum Gasteiger partial charge on any atom is -0.381 e. The molecule has 19 heavy (non-hydrogen) atoms. The lowest BCUT2D eigenvalue weighted by Crippen LogP contribution is -2.30. The number of rotatable bonds is 11. The van der Waals surface area contributed by atoms with Crippen LogP contribution in [0.1, 0.15) is 45.4 Å². The summed E-state index contributed by atoms with van der Waals surface area (Å²) >= 11 is 0. The van der Waals surface area contributed by atoms with E-state index < -0.39 is 0 Å². The number of hydrogen-bond acceptors (Lipinski definition) is 4. The first-order valence-corrected chi connectivity index (χ1v) is 7.79. The van der Waals surface area contributed by atoms with Gasteiger partial charge in [0.2, 0.25) is 0 Å². The summed E-state index contributed by atoms with van der Waals surface area (Å²) in [6, 6.07) is 0. The molecule has 0 saturated heterocycles. The Balaban J connectivity index is 1.85. The van der Waals surface area contributed by atoms with E-state index in [0.717, 1.165) is 45.8 Å². The first-order valence-electron chi connectivity index (χ1n) is 7.79. The lowest BCUT2D eigenvalue weighted by molar-refractivity contribution is -0.0284. The van der Waals surface area contributed by atoms with Crippen LogP contribution in [0.3, 0.4) is 0 Å². The molecule has 1 saturated carbocycles. The van der Waals surface area contributed by atoms with Gasteiger partial charge in [-0.15, -0.1) is 0 Å². The fraction of sp³-hybridized carbons (Fsp3) is 1.00. The van der Waals surface area contributed by atoms with Gasteiger partial charge in [-0.1, -0.05) is 13.3 Å². The summed E-state index contributed by atoms with van der Waals surface area (Å²) in [4.78, 5) is 0. The quantitative estimate of drug-likeness (QED) is 0.587. The molecule has 4 heteroatoms. The largest absolute Gasteiger partial charge is 0.381 e. The molecule has 0 bridgehead atoms. The lowest BCUT2D eigenvalue weighted by Gasteiger charge is -2.28. The van der Waals surface area contributed by atoms with E-state index in [2.05, 4.69) is 12.2 Å². The van der Waals surface area contributed by atoms with Gasteiger partial charge >= 0.3 is 0 Å². The van der Waals surface area contributed by atoms with E-state index >= 15 is 0 Å². The normalized spacial score (nSPS) is 23.7. The van der Waals surface area contributed by atoms with Crippen molar-refractivity contribution in [2.24, 2.45) is 0 Å². The Morgan fingerprint density at radius 3 is 2.63 bits per heavy atom. The molecule has 0 aromatic heterocycles. The second-order valence-corrected chi connectivity index (χ2v) is 5.23. The zero-order chi connectivity index (χ0) is 13.8. The van der Waals surface area contributed by atoms with Gasteiger partial charge in [-0.2, -0.15) is 0 Å². The van der Waals surface area contributed by atoms with Crippen LogP contribution in [0.15, 0.2) is 0 Å². The molecule has 0 aromatic carbocycles. The highest BCUT2D eigenvalue weighted by molar-refractivity contribution is 4.73. The molecule has 1 rings (SSSR count). The molecule has 4 nitrogen and oxygen atoms in total. The van der Waals surface area contributed by atoms with Crippen molar-refractivity contribution >= 4 is 0 Å². The van der Waals surface area contributed by atoms with Gasteiger partial charge in [0, 0.05) is 26.8 Å². The van der Waals surface area contributed by atoms with Gasteiger partial charge in [0.25, 0.3) is 0 Å². The van der Waals surface area contributed by atoms with Crippen molar-refractivity contribution in [2.75, 3.05) is 40.0 Å². The van der Waals surface area contributed by atoms with Crippen LogP contribution in [0.5, 0.6) is 0 Å². The molecule has 0 heterocycles. The van der Waals surface area contributed by atoms with Gasteiger partial charge in [0.1, 0.15) is 0 Å². The molecule has 0 aromatic rings. The molecule has 1 aliphatic rings. The van der Waals surface area contributed by atoms with Crippen LogP contribution in [-0.4, -0.2) is 52.2 Å². The Kier molecular flexibility index (Phi) is 10.4. The molecule has 0 amide bonds. The van der Waals surface area contributed by atoms with E-state index in [4.69, 9.17) is 14.2 Å². The van der Waals surface area contributed by atoms with Gasteiger partial charge < -0.3 is 19.5 Å². The molecule has 2 unspecified atom stereocenters. The summed E-state index contributed by atoms with van der Waals surface area (Å²) in [6.07, 6.45) is 7.79. The van der Waals surface area contributed by atoms with Crippen molar-refractivity contribution in [2.45, 2.75) is 57.7 Å². The fourth-order valence-electron chi connectivity index (χ4n) is 2.38. The first kappa shape index (κ1) is 16.9. The van der Waals surface area contributed by atoms with Gasteiger partial charge in [-0.05, 0) is 32.1 Å². The summed E-state index contributed by atoms with van der Waals surface area (Å²) < 4.78 is 16.8. The minimum atomic E-state index is 0.390. The first-order chi connectivity index (χ1) is 9.36. The predicted octanol–water partition coefficient (Wildman–Crippen LogP) is 2.37. The highest BCUT2D eigenvalue weighted by atomic mass is 16.5. The molecular weight excluding hydrogens is 242 g/mol. The molecule has 2 atom stereocenters. The Morgan fingerprint density at radius 1 is 1.05 bits per heavy atom. The summed E-state index contributed by atoms with van der Waals surface area (Å²) in [5, 5.41) is 3.35. The zero-order valence-electron chi connectivity index (χ0n) is 12.7. The van der Waals surface area contributed by atoms with Gasteiger partial charge in [-0.3, -0.25) is 0 Å². The molecule has 1 fully saturated rings. The van der Waals surface area contributed by atoms with Crippen molar-refractivity contribution in [3.8, 4) is 0 Å². The molecule has 114 valence electrons. The van der Waals surface area contributed by atoms with Crippen LogP contribution in [0.2, 0.25) is 0 Å². The van der Waals surface area contributed by atoms with Crippen LogP contribution in [0, 0.1) is 0 Å². The van der Waals surface area contributed by atoms with Gasteiger partial charge in [0.15, 0.2) is 0 Å². The molecule has 1 aliphatic carbocycles. The van der Waals surface area contributed by atoms with Crippen molar-refractivity contribution in [1.82, 2.24) is 5.32 Å². The molecular formula is C15H31NO3. The smallest absolute Gasteiger partial charge is 0.0600 e. The van der Waals surface area contributed by atoms with Crippen molar-refractivity contribution in [1.29, 1.82) is 0 Å². The van der Waals surface area contributed by atoms with Crippen molar-refractivity contribution in [3.05, 3.63) is 0 Å². The SMILES string of the molecule is CCCCOCCNCCOC1CCCC(OC)C1. The molecule has 0 aliphatic heterocycles. The third-order valence-electron chi connectivity index (χ3n) is 3.61. The predicted molar refractivity (Wildman–Crippen MR) is 77.6 cm³/mol. The lowest BCUT2D eigenvalue weighted by atomic mass is 9.95. The van der Waals surface area contributed by atoms with Crippen LogP contribution < -0.4 is 5.32 Å². The highest BCUT2D eigenvalue weighted by Gasteiger charge is 2.21. The van der Waals surface area contributed by atoms with Crippen LogP contribution in [-0.2, 0) is 14.2 Å². The Hall–Kier alpha value is -0.160. The van der Waals surface area contributed by atoms with E-state index in [1.165, 1.54) is 25.7 Å². The second kappa shape index (κ2) is 11.6. The second-order valence-electron chi connectivity index (χ2n) is 5.23. The molecule has 0 spiro atoms. The van der Waals surface area contributed by atoms with E-state index in [-0.39, 0.29) is 0 Å². The summed E-state index contributed by atoms with van der Waals surface area (Å²) in [6.45, 7) is 6.47. The minimum absolute atomic E-state index is 0.390. The summed E-state index contributed by atoms with van der Waals surface area (Å²) in [7, 11) is 1.80. The average Bonchev–Trinajstić information content (AvgIpc) is 2.46. The number of hydrogen-bond donors (Lipinski definition) is 1. The van der Waals surface area contributed by atoms with Crippen LogP contribution >= 0.6 is 0 Å². The average molecular weight is 273 g/mol.